The number of carbonyl (C=O) groups excluding carboxylic acids is 1. The van der Waals surface area contributed by atoms with Crippen molar-refractivity contribution in [1.29, 1.82) is 0 Å². The molecule has 0 fully saturated rings. The molecular formula is C13H18INO. The normalized spacial score (nSPS) is 10.2. The smallest absolute Gasteiger partial charge is 0.222 e. The van der Waals surface area contributed by atoms with Gasteiger partial charge in [0.05, 0.1) is 0 Å². The highest BCUT2D eigenvalue weighted by Crippen LogP contribution is 2.09. The predicted molar refractivity (Wildman–Crippen MR) is 75.4 cm³/mol. The Morgan fingerprint density at radius 2 is 1.75 bits per heavy atom. The summed E-state index contributed by atoms with van der Waals surface area (Å²) in [7, 11) is 0. The molecule has 0 bridgehead atoms. The van der Waals surface area contributed by atoms with Gasteiger partial charge in [-0.3, -0.25) is 4.79 Å². The van der Waals surface area contributed by atoms with Gasteiger partial charge in [-0.1, -0.05) is 12.1 Å². The molecule has 0 unspecified atom stereocenters. The summed E-state index contributed by atoms with van der Waals surface area (Å²) in [5, 5.41) is 0. The van der Waals surface area contributed by atoms with Gasteiger partial charge in [0.2, 0.25) is 5.91 Å². The van der Waals surface area contributed by atoms with Gasteiger partial charge in [0.1, 0.15) is 0 Å². The SMILES string of the molecule is CCN(CC)C(=O)CCc1ccc(I)cc1. The molecule has 1 aromatic rings. The highest BCUT2D eigenvalue weighted by atomic mass is 127. The molecule has 0 radical (unpaired) electrons. The molecule has 1 rings (SSSR count). The van der Waals surface area contributed by atoms with E-state index in [1.807, 2.05) is 18.7 Å². The number of hydrogen-bond donors (Lipinski definition) is 0. The molecule has 0 saturated carbocycles. The van der Waals surface area contributed by atoms with Gasteiger partial charge in [-0.25, -0.2) is 0 Å². The molecular weight excluding hydrogens is 313 g/mol. The lowest BCUT2D eigenvalue weighted by Crippen LogP contribution is -2.30. The summed E-state index contributed by atoms with van der Waals surface area (Å²) in [6.45, 7) is 5.66. The molecule has 88 valence electrons. The van der Waals surface area contributed by atoms with E-state index in [1.165, 1.54) is 9.13 Å². The Bertz CT molecular complexity index is 330. The molecule has 0 heterocycles. The monoisotopic (exact) mass is 331 g/mol. The van der Waals surface area contributed by atoms with Gasteiger partial charge in [0, 0.05) is 23.1 Å². The number of hydrogen-bond acceptors (Lipinski definition) is 1. The van der Waals surface area contributed by atoms with Crippen molar-refractivity contribution in [3.05, 3.63) is 33.4 Å². The number of rotatable bonds is 5. The van der Waals surface area contributed by atoms with E-state index >= 15 is 0 Å². The summed E-state index contributed by atoms with van der Waals surface area (Å²) in [5.74, 6) is 0.253. The van der Waals surface area contributed by atoms with Crippen molar-refractivity contribution in [2.24, 2.45) is 0 Å². The summed E-state index contributed by atoms with van der Waals surface area (Å²) < 4.78 is 1.23. The third-order valence-corrected chi connectivity index (χ3v) is 3.38. The van der Waals surface area contributed by atoms with Crippen LogP contribution < -0.4 is 0 Å². The lowest BCUT2D eigenvalue weighted by Gasteiger charge is -2.18. The summed E-state index contributed by atoms with van der Waals surface area (Å²) in [6.07, 6.45) is 1.45. The first-order valence-corrected chi connectivity index (χ1v) is 6.77. The van der Waals surface area contributed by atoms with E-state index in [4.69, 9.17) is 0 Å². The summed E-state index contributed by atoms with van der Waals surface area (Å²) in [4.78, 5) is 13.7. The summed E-state index contributed by atoms with van der Waals surface area (Å²) >= 11 is 2.29. The van der Waals surface area contributed by atoms with Crippen LogP contribution in [-0.4, -0.2) is 23.9 Å². The molecule has 3 heteroatoms. The fourth-order valence-corrected chi connectivity index (χ4v) is 2.00. The van der Waals surface area contributed by atoms with E-state index in [0.717, 1.165) is 19.5 Å². The Morgan fingerprint density at radius 1 is 1.19 bits per heavy atom. The fourth-order valence-electron chi connectivity index (χ4n) is 1.64. The molecule has 1 aromatic carbocycles. The van der Waals surface area contributed by atoms with Gasteiger partial charge < -0.3 is 4.90 Å². The Morgan fingerprint density at radius 3 is 2.25 bits per heavy atom. The van der Waals surface area contributed by atoms with Gasteiger partial charge in [-0.2, -0.15) is 0 Å². The molecule has 0 saturated heterocycles. The van der Waals surface area contributed by atoms with Crippen molar-refractivity contribution in [3.8, 4) is 0 Å². The minimum Gasteiger partial charge on any atom is -0.343 e. The standard InChI is InChI=1S/C13H18INO/c1-3-15(4-2)13(16)10-7-11-5-8-12(14)9-6-11/h5-6,8-9H,3-4,7,10H2,1-2H3. The fraction of sp³-hybridized carbons (Fsp3) is 0.462. The maximum Gasteiger partial charge on any atom is 0.222 e. The summed E-state index contributed by atoms with van der Waals surface area (Å²) in [6, 6.07) is 8.35. The Labute approximate surface area is 111 Å². The molecule has 2 nitrogen and oxygen atoms in total. The first kappa shape index (κ1) is 13.5. The van der Waals surface area contributed by atoms with Crippen molar-refractivity contribution >= 4 is 28.5 Å². The Balaban J connectivity index is 2.45. The van der Waals surface area contributed by atoms with Gasteiger partial charge in [-0.15, -0.1) is 0 Å². The van der Waals surface area contributed by atoms with E-state index in [1.54, 1.807) is 0 Å². The minimum absolute atomic E-state index is 0.253. The molecule has 0 N–H and O–H groups in total. The molecule has 0 aliphatic carbocycles. The zero-order valence-electron chi connectivity index (χ0n) is 9.87. The highest BCUT2D eigenvalue weighted by molar-refractivity contribution is 14.1. The topological polar surface area (TPSA) is 20.3 Å². The first-order valence-electron chi connectivity index (χ1n) is 5.69. The van der Waals surface area contributed by atoms with E-state index in [2.05, 4.69) is 46.9 Å². The van der Waals surface area contributed by atoms with Crippen molar-refractivity contribution < 1.29 is 4.79 Å². The molecule has 1 amide bonds. The van der Waals surface area contributed by atoms with Crippen LogP contribution in [0.25, 0.3) is 0 Å². The molecule has 16 heavy (non-hydrogen) atoms. The van der Waals surface area contributed by atoms with E-state index in [9.17, 15) is 4.79 Å². The molecule has 0 aliphatic heterocycles. The van der Waals surface area contributed by atoms with Crippen molar-refractivity contribution in [3.63, 3.8) is 0 Å². The number of halogens is 1. The Kier molecular flexibility index (Phi) is 5.80. The molecule has 0 aliphatic rings. The second kappa shape index (κ2) is 6.89. The van der Waals surface area contributed by atoms with Crippen LogP contribution in [-0.2, 0) is 11.2 Å². The second-order valence-corrected chi connectivity index (χ2v) is 4.94. The van der Waals surface area contributed by atoms with Crippen LogP contribution >= 0.6 is 22.6 Å². The van der Waals surface area contributed by atoms with E-state index < -0.39 is 0 Å². The average molecular weight is 331 g/mol. The van der Waals surface area contributed by atoms with Crippen LogP contribution in [0.5, 0.6) is 0 Å². The number of aryl methyl sites for hydroxylation is 1. The summed E-state index contributed by atoms with van der Waals surface area (Å²) in [5.41, 5.74) is 1.24. The molecule has 0 spiro atoms. The quantitative estimate of drug-likeness (QED) is 0.760. The lowest BCUT2D eigenvalue weighted by atomic mass is 10.1. The lowest BCUT2D eigenvalue weighted by molar-refractivity contribution is -0.130. The van der Waals surface area contributed by atoms with E-state index in [-0.39, 0.29) is 5.91 Å². The second-order valence-electron chi connectivity index (χ2n) is 3.69. The van der Waals surface area contributed by atoms with Gasteiger partial charge in [0.15, 0.2) is 0 Å². The van der Waals surface area contributed by atoms with E-state index in [0.29, 0.717) is 6.42 Å². The number of amides is 1. The van der Waals surface area contributed by atoms with Crippen LogP contribution in [0.4, 0.5) is 0 Å². The number of nitrogens with zero attached hydrogens (tertiary/aromatic N) is 1. The zero-order valence-corrected chi connectivity index (χ0v) is 12.0. The van der Waals surface area contributed by atoms with Crippen LogP contribution in [0, 0.1) is 3.57 Å². The zero-order chi connectivity index (χ0) is 12.0. The van der Waals surface area contributed by atoms with Gasteiger partial charge >= 0.3 is 0 Å². The third kappa shape index (κ3) is 4.12. The number of benzene rings is 1. The largest absolute Gasteiger partial charge is 0.343 e. The van der Waals surface area contributed by atoms with Crippen molar-refractivity contribution in [2.45, 2.75) is 26.7 Å². The van der Waals surface area contributed by atoms with Crippen LogP contribution in [0.1, 0.15) is 25.8 Å². The van der Waals surface area contributed by atoms with Crippen molar-refractivity contribution in [1.82, 2.24) is 4.90 Å². The number of carbonyl (C=O) groups is 1. The van der Waals surface area contributed by atoms with Gasteiger partial charge in [0.25, 0.3) is 0 Å². The third-order valence-electron chi connectivity index (χ3n) is 2.66. The van der Waals surface area contributed by atoms with Gasteiger partial charge in [-0.05, 0) is 60.6 Å². The van der Waals surface area contributed by atoms with Crippen LogP contribution in [0.15, 0.2) is 24.3 Å². The van der Waals surface area contributed by atoms with Crippen LogP contribution in [0.3, 0.4) is 0 Å². The maximum atomic E-state index is 11.8. The predicted octanol–water partition coefficient (Wildman–Crippen LogP) is 3.09. The Hall–Kier alpha value is -0.580. The minimum atomic E-state index is 0.253. The maximum absolute atomic E-state index is 11.8. The molecule has 0 atom stereocenters. The average Bonchev–Trinajstić information content (AvgIpc) is 2.30. The molecule has 0 aromatic heterocycles. The first-order chi connectivity index (χ1) is 7.67. The van der Waals surface area contributed by atoms with Crippen LogP contribution in [0.2, 0.25) is 0 Å². The van der Waals surface area contributed by atoms with Crippen molar-refractivity contribution in [2.75, 3.05) is 13.1 Å². The highest BCUT2D eigenvalue weighted by Gasteiger charge is 2.08.